The predicted octanol–water partition coefficient (Wildman–Crippen LogP) is 2.65. The summed E-state index contributed by atoms with van der Waals surface area (Å²) >= 11 is 0. The fraction of sp³-hybridized carbons (Fsp3) is 0.938. The van der Waals surface area contributed by atoms with Crippen LogP contribution in [-0.4, -0.2) is 47.9 Å². The minimum Gasteiger partial charge on any atom is -0.341 e. The number of rotatable bonds is 3. The van der Waals surface area contributed by atoms with Crippen LogP contribution < -0.4 is 0 Å². The summed E-state index contributed by atoms with van der Waals surface area (Å²) in [5.41, 5.74) is 0. The summed E-state index contributed by atoms with van der Waals surface area (Å²) in [4.78, 5) is 17.2. The number of nitrogens with zero attached hydrogens (tertiary/aromatic N) is 2. The second-order valence-corrected chi connectivity index (χ2v) is 6.73. The largest absolute Gasteiger partial charge is 0.341 e. The zero-order valence-corrected chi connectivity index (χ0v) is 12.1. The second-order valence-electron chi connectivity index (χ2n) is 6.73. The van der Waals surface area contributed by atoms with Gasteiger partial charge in [-0.05, 0) is 57.5 Å². The number of amides is 1. The molecule has 3 heteroatoms. The van der Waals surface area contributed by atoms with Gasteiger partial charge in [-0.1, -0.05) is 12.8 Å². The van der Waals surface area contributed by atoms with Crippen LogP contribution in [0.1, 0.15) is 57.8 Å². The van der Waals surface area contributed by atoms with Crippen LogP contribution in [0, 0.1) is 5.92 Å². The minimum absolute atomic E-state index is 0.441. The summed E-state index contributed by atoms with van der Waals surface area (Å²) in [6, 6.07) is 0.656. The van der Waals surface area contributed by atoms with E-state index in [2.05, 4.69) is 9.80 Å². The number of carbonyl (C=O) groups is 1. The molecule has 2 saturated heterocycles. The lowest BCUT2D eigenvalue weighted by molar-refractivity contribution is -0.134. The minimum atomic E-state index is 0.441. The van der Waals surface area contributed by atoms with Gasteiger partial charge in [0.1, 0.15) is 0 Å². The summed E-state index contributed by atoms with van der Waals surface area (Å²) in [5, 5.41) is 0. The second kappa shape index (κ2) is 6.25. The van der Waals surface area contributed by atoms with Crippen molar-refractivity contribution in [3.63, 3.8) is 0 Å². The van der Waals surface area contributed by atoms with Crippen molar-refractivity contribution < 1.29 is 4.79 Å². The Hall–Kier alpha value is -0.570. The third-order valence-corrected chi connectivity index (χ3v) is 5.34. The monoisotopic (exact) mass is 264 g/mol. The van der Waals surface area contributed by atoms with Crippen LogP contribution in [0.4, 0.5) is 0 Å². The van der Waals surface area contributed by atoms with Gasteiger partial charge in [0.25, 0.3) is 0 Å². The van der Waals surface area contributed by atoms with Crippen LogP contribution >= 0.6 is 0 Å². The molecule has 1 atom stereocenters. The quantitative estimate of drug-likeness (QED) is 0.782. The van der Waals surface area contributed by atoms with E-state index >= 15 is 0 Å². The average Bonchev–Trinajstić information content (AvgIpc) is 3.12. The van der Waals surface area contributed by atoms with E-state index in [1.54, 1.807) is 0 Å². The molecule has 0 aromatic heterocycles. The standard InChI is InChI=1S/C16H28N2O/c19-16(12-14-6-1-2-7-14)18-11-5-8-15(13-18)17-9-3-4-10-17/h14-15H,1-13H2. The van der Waals surface area contributed by atoms with Gasteiger partial charge in [0.2, 0.25) is 5.91 Å². The fourth-order valence-electron chi connectivity index (χ4n) is 4.18. The first-order chi connectivity index (χ1) is 9.33. The molecule has 108 valence electrons. The lowest BCUT2D eigenvalue weighted by atomic mass is 10.00. The SMILES string of the molecule is O=C(CC1CCCC1)N1CCCC(N2CCCC2)C1. The van der Waals surface area contributed by atoms with Crippen LogP contribution in [0.15, 0.2) is 0 Å². The zero-order chi connectivity index (χ0) is 13.1. The molecule has 0 aromatic carbocycles. The Labute approximate surface area is 117 Å². The lowest BCUT2D eigenvalue weighted by Gasteiger charge is -2.38. The third-order valence-electron chi connectivity index (χ3n) is 5.34. The Morgan fingerprint density at radius 2 is 1.63 bits per heavy atom. The topological polar surface area (TPSA) is 23.6 Å². The summed E-state index contributed by atoms with van der Waals surface area (Å²) in [5.74, 6) is 1.13. The molecule has 19 heavy (non-hydrogen) atoms. The Balaban J connectivity index is 1.50. The average molecular weight is 264 g/mol. The van der Waals surface area contributed by atoms with Crippen molar-refractivity contribution in [2.24, 2.45) is 5.92 Å². The van der Waals surface area contributed by atoms with Crippen molar-refractivity contribution >= 4 is 5.91 Å². The van der Waals surface area contributed by atoms with E-state index in [-0.39, 0.29) is 0 Å². The highest BCUT2D eigenvalue weighted by molar-refractivity contribution is 5.76. The normalized spacial score (nSPS) is 30.1. The van der Waals surface area contributed by atoms with E-state index in [0.717, 1.165) is 19.5 Å². The molecule has 3 fully saturated rings. The molecule has 3 aliphatic rings. The molecule has 1 unspecified atom stereocenters. The van der Waals surface area contributed by atoms with Crippen molar-refractivity contribution in [1.82, 2.24) is 9.80 Å². The summed E-state index contributed by atoms with van der Waals surface area (Å²) in [7, 11) is 0. The Morgan fingerprint density at radius 3 is 2.37 bits per heavy atom. The van der Waals surface area contributed by atoms with E-state index in [1.807, 2.05) is 0 Å². The van der Waals surface area contributed by atoms with Crippen molar-refractivity contribution in [1.29, 1.82) is 0 Å². The van der Waals surface area contributed by atoms with E-state index in [9.17, 15) is 4.79 Å². The Kier molecular flexibility index (Phi) is 4.42. The first-order valence-electron chi connectivity index (χ1n) is 8.35. The van der Waals surface area contributed by atoms with E-state index in [4.69, 9.17) is 0 Å². The number of piperidine rings is 1. The molecule has 0 spiro atoms. The molecule has 1 aliphatic carbocycles. The molecule has 0 radical (unpaired) electrons. The first-order valence-corrected chi connectivity index (χ1v) is 8.35. The number of hydrogen-bond donors (Lipinski definition) is 0. The Morgan fingerprint density at radius 1 is 0.895 bits per heavy atom. The van der Waals surface area contributed by atoms with Gasteiger partial charge in [-0.25, -0.2) is 0 Å². The molecule has 3 nitrogen and oxygen atoms in total. The number of likely N-dealkylation sites (tertiary alicyclic amines) is 2. The van der Waals surface area contributed by atoms with Crippen LogP contribution in [0.5, 0.6) is 0 Å². The van der Waals surface area contributed by atoms with Crippen LogP contribution in [0.25, 0.3) is 0 Å². The van der Waals surface area contributed by atoms with E-state index in [1.165, 1.54) is 64.5 Å². The van der Waals surface area contributed by atoms with Crippen molar-refractivity contribution in [3.8, 4) is 0 Å². The molecule has 3 rings (SSSR count). The summed E-state index contributed by atoms with van der Waals surface area (Å²) in [6.45, 7) is 4.53. The van der Waals surface area contributed by atoms with Crippen LogP contribution in [0.3, 0.4) is 0 Å². The number of hydrogen-bond acceptors (Lipinski definition) is 2. The van der Waals surface area contributed by atoms with Gasteiger partial charge in [0.05, 0.1) is 0 Å². The number of carbonyl (C=O) groups excluding carboxylic acids is 1. The molecule has 0 aromatic rings. The molecular weight excluding hydrogens is 236 g/mol. The third kappa shape index (κ3) is 3.31. The van der Waals surface area contributed by atoms with Gasteiger partial charge in [0, 0.05) is 25.6 Å². The molecule has 0 bridgehead atoms. The highest BCUT2D eigenvalue weighted by atomic mass is 16.2. The van der Waals surface area contributed by atoms with Gasteiger partial charge in [-0.2, -0.15) is 0 Å². The summed E-state index contributed by atoms with van der Waals surface area (Å²) < 4.78 is 0. The maximum Gasteiger partial charge on any atom is 0.222 e. The molecule has 2 heterocycles. The van der Waals surface area contributed by atoms with E-state index in [0.29, 0.717) is 17.9 Å². The predicted molar refractivity (Wildman–Crippen MR) is 77.0 cm³/mol. The lowest BCUT2D eigenvalue weighted by Crippen LogP contribution is -2.49. The highest BCUT2D eigenvalue weighted by Gasteiger charge is 2.30. The fourth-order valence-corrected chi connectivity index (χ4v) is 4.18. The van der Waals surface area contributed by atoms with Gasteiger partial charge in [0.15, 0.2) is 0 Å². The maximum absolute atomic E-state index is 12.4. The van der Waals surface area contributed by atoms with Crippen LogP contribution in [0.2, 0.25) is 0 Å². The Bertz CT molecular complexity index is 306. The van der Waals surface area contributed by atoms with Gasteiger partial charge >= 0.3 is 0 Å². The molecule has 2 aliphatic heterocycles. The van der Waals surface area contributed by atoms with Gasteiger partial charge < -0.3 is 4.90 Å². The molecule has 1 amide bonds. The van der Waals surface area contributed by atoms with Gasteiger partial charge in [-0.15, -0.1) is 0 Å². The molecule has 1 saturated carbocycles. The first kappa shape index (κ1) is 13.4. The van der Waals surface area contributed by atoms with Crippen molar-refractivity contribution in [2.75, 3.05) is 26.2 Å². The smallest absolute Gasteiger partial charge is 0.222 e. The van der Waals surface area contributed by atoms with Crippen molar-refractivity contribution in [3.05, 3.63) is 0 Å². The molecular formula is C16H28N2O. The van der Waals surface area contributed by atoms with Gasteiger partial charge in [-0.3, -0.25) is 9.69 Å². The highest BCUT2D eigenvalue weighted by Crippen LogP contribution is 2.29. The maximum atomic E-state index is 12.4. The van der Waals surface area contributed by atoms with Crippen LogP contribution in [-0.2, 0) is 4.79 Å². The van der Waals surface area contributed by atoms with E-state index < -0.39 is 0 Å². The zero-order valence-electron chi connectivity index (χ0n) is 12.1. The van der Waals surface area contributed by atoms with Crippen molar-refractivity contribution in [2.45, 2.75) is 63.8 Å². The summed E-state index contributed by atoms with van der Waals surface area (Å²) in [6.07, 6.45) is 11.3. The molecule has 0 N–H and O–H groups in total.